The Morgan fingerprint density at radius 1 is 0.500 bits per heavy atom. The van der Waals surface area contributed by atoms with E-state index in [-0.39, 0.29) is 20.3 Å². The first kappa shape index (κ1) is 44.9. The summed E-state index contributed by atoms with van der Waals surface area (Å²) in [5.74, 6) is -12.6. The second-order valence-electron chi connectivity index (χ2n) is 15.4. The van der Waals surface area contributed by atoms with Crippen molar-refractivity contribution in [3.05, 3.63) is 0 Å². The summed E-state index contributed by atoms with van der Waals surface area (Å²) in [6.07, 6.45) is -57.9. The first-order chi connectivity index (χ1) is 22.7. The van der Waals surface area contributed by atoms with Gasteiger partial charge in [-0.15, -0.1) is 0 Å². The summed E-state index contributed by atoms with van der Waals surface area (Å²) < 4.78 is 296. The average Bonchev–Trinajstić information content (AvgIpc) is 3.45. The molecule has 3 rings (SSSR count). The summed E-state index contributed by atoms with van der Waals surface area (Å²) in [6.45, 7) is 0.820. The summed E-state index contributed by atoms with van der Waals surface area (Å²) >= 11 is 0. The number of fused-ring (bicyclic) bond motifs is 2. The maximum atomic E-state index is 14.8. The molecule has 3 aliphatic rings. The molecule has 3 saturated carbocycles. The van der Waals surface area contributed by atoms with Gasteiger partial charge in [0.05, 0.1) is 5.41 Å². The molecule has 0 saturated heterocycles. The molecule has 6 unspecified atom stereocenters. The van der Waals surface area contributed by atoms with Crippen LogP contribution in [0.25, 0.3) is 0 Å². The van der Waals surface area contributed by atoms with E-state index in [1.165, 1.54) is 6.92 Å². The number of hydrogen-bond donors (Lipinski definition) is 1. The van der Waals surface area contributed by atoms with Crippen molar-refractivity contribution in [2.45, 2.75) is 127 Å². The molecular formula is C30H35F21O. The molecule has 0 aliphatic heterocycles. The molecule has 0 spiro atoms. The van der Waals surface area contributed by atoms with Crippen molar-refractivity contribution < 1.29 is 97.3 Å². The molecule has 52 heavy (non-hydrogen) atoms. The van der Waals surface area contributed by atoms with Crippen molar-refractivity contribution in [2.75, 3.05) is 0 Å². The van der Waals surface area contributed by atoms with Crippen molar-refractivity contribution in [1.82, 2.24) is 0 Å². The van der Waals surface area contributed by atoms with Gasteiger partial charge in [-0.25, -0.2) is 0 Å². The van der Waals surface area contributed by atoms with Crippen molar-refractivity contribution in [1.29, 1.82) is 0 Å². The molecule has 0 aromatic heterocycles. The fourth-order valence-corrected chi connectivity index (χ4v) is 9.42. The molecule has 3 fully saturated rings. The van der Waals surface area contributed by atoms with Crippen molar-refractivity contribution >= 4 is 0 Å². The van der Waals surface area contributed by atoms with E-state index in [1.807, 2.05) is 0 Å². The molecule has 0 aromatic rings. The zero-order valence-corrected chi connectivity index (χ0v) is 27.3. The van der Waals surface area contributed by atoms with Crippen LogP contribution in [0.4, 0.5) is 92.2 Å². The quantitative estimate of drug-likeness (QED) is 0.242. The van der Waals surface area contributed by atoms with Crippen molar-refractivity contribution in [3.63, 3.8) is 0 Å². The highest BCUT2D eigenvalue weighted by Crippen LogP contribution is 2.69. The third-order valence-corrected chi connectivity index (χ3v) is 12.7. The molecule has 3 aliphatic carbocycles. The smallest absolute Gasteiger partial charge is 0.374 e. The minimum atomic E-state index is -6.63. The van der Waals surface area contributed by atoms with Gasteiger partial charge in [0.2, 0.25) is 0 Å². The van der Waals surface area contributed by atoms with Crippen LogP contribution >= 0.6 is 0 Å². The Balaban J connectivity index is 2.07. The van der Waals surface area contributed by atoms with E-state index in [0.717, 1.165) is 0 Å². The third kappa shape index (κ3) is 7.17. The predicted molar refractivity (Wildman–Crippen MR) is 138 cm³/mol. The van der Waals surface area contributed by atoms with Gasteiger partial charge in [-0.3, -0.25) is 0 Å². The van der Waals surface area contributed by atoms with E-state index in [4.69, 9.17) is 0 Å². The molecule has 6 atom stereocenters. The monoisotopic (exact) mass is 810 g/mol. The Hall–Kier alpha value is -1.51. The summed E-state index contributed by atoms with van der Waals surface area (Å²) in [7, 11) is 0. The number of halogens is 21. The molecule has 0 amide bonds. The Morgan fingerprint density at radius 2 is 0.904 bits per heavy atom. The van der Waals surface area contributed by atoms with E-state index >= 15 is 0 Å². The normalized spacial score (nSPS) is 30.5. The molecular weight excluding hydrogens is 775 g/mol. The van der Waals surface area contributed by atoms with Gasteiger partial charge in [0.15, 0.2) is 10.8 Å². The minimum Gasteiger partial charge on any atom is -0.374 e. The summed E-state index contributed by atoms with van der Waals surface area (Å²) in [6, 6.07) is 0. The molecule has 1 nitrogen and oxygen atoms in total. The van der Waals surface area contributed by atoms with Gasteiger partial charge in [-0.2, -0.15) is 92.2 Å². The Bertz CT molecular complexity index is 1200. The lowest BCUT2D eigenvalue weighted by Gasteiger charge is -2.52. The summed E-state index contributed by atoms with van der Waals surface area (Å²) in [5, 5.41) is 9.72. The molecule has 0 heterocycles. The van der Waals surface area contributed by atoms with Crippen LogP contribution in [0.2, 0.25) is 0 Å². The minimum absolute atomic E-state index is 0.0370. The van der Waals surface area contributed by atoms with Crippen LogP contribution in [0, 0.1) is 57.7 Å². The van der Waals surface area contributed by atoms with Crippen LogP contribution in [0.15, 0.2) is 0 Å². The molecule has 0 radical (unpaired) electrons. The van der Waals surface area contributed by atoms with Crippen LogP contribution in [0.5, 0.6) is 0 Å². The first-order valence-electron chi connectivity index (χ1n) is 15.9. The van der Waals surface area contributed by atoms with Gasteiger partial charge in [0, 0.05) is 0 Å². The summed E-state index contributed by atoms with van der Waals surface area (Å²) in [5.41, 5.74) is -19.3. The van der Waals surface area contributed by atoms with Crippen LogP contribution < -0.4 is 0 Å². The Morgan fingerprint density at radius 3 is 1.23 bits per heavy atom. The maximum absolute atomic E-state index is 14.8. The number of alkyl halides is 21. The van der Waals surface area contributed by atoms with Crippen LogP contribution in [-0.2, 0) is 0 Å². The highest BCUT2D eigenvalue weighted by molar-refractivity contribution is 5.10. The predicted octanol–water partition coefficient (Wildman–Crippen LogP) is 12.5. The summed E-state index contributed by atoms with van der Waals surface area (Å²) in [4.78, 5) is 0. The molecule has 308 valence electrons. The van der Waals surface area contributed by atoms with Crippen LogP contribution in [0.3, 0.4) is 0 Å². The van der Waals surface area contributed by atoms with Gasteiger partial charge < -0.3 is 5.11 Å². The highest BCUT2D eigenvalue weighted by Gasteiger charge is 2.78. The van der Waals surface area contributed by atoms with E-state index in [0.29, 0.717) is 0 Å². The third-order valence-electron chi connectivity index (χ3n) is 12.7. The fourth-order valence-electron chi connectivity index (χ4n) is 9.42. The zero-order chi connectivity index (χ0) is 40.9. The largest absolute Gasteiger partial charge is 0.426 e. The standard InChI is InChI=1S/C30H35F21O/c1-13-14-8-15(10-23(52,29(46,47)48)30(49,50)51)18(9-14)19(13)11-20(2,24(31,32)33)12-22(27(40,41)42,28(43,44)45)17-6-4-16(5-7-17)21(3,25(34,35)36)26(37,38)39/h13-19,52H,4-12H2,1-3H3. The molecule has 2 bridgehead atoms. The molecule has 22 heteroatoms. The zero-order valence-electron chi connectivity index (χ0n) is 27.3. The van der Waals surface area contributed by atoms with Gasteiger partial charge in [0.25, 0.3) is 5.60 Å². The van der Waals surface area contributed by atoms with E-state index in [1.54, 1.807) is 0 Å². The van der Waals surface area contributed by atoms with Crippen LogP contribution in [-0.4, -0.2) is 53.9 Å². The SMILES string of the molecule is CC1C2CC(CC(O)(C(F)(F)F)C(F)(F)F)C(C2)C1CC(C)(CC(C1CCC(C(C)(C(F)(F)F)C(F)(F)F)CC1)(C(F)(F)F)C(F)(F)F)C(F)(F)F. The highest BCUT2D eigenvalue weighted by atomic mass is 19.4. The average molecular weight is 811 g/mol. The number of rotatable bonds is 8. The number of aliphatic hydroxyl groups is 1. The lowest BCUT2D eigenvalue weighted by atomic mass is 9.55. The Labute approximate surface area is 283 Å². The van der Waals surface area contributed by atoms with Crippen LogP contribution in [0.1, 0.15) is 78.6 Å². The van der Waals surface area contributed by atoms with E-state index < -0.39 is 158 Å². The van der Waals surface area contributed by atoms with Crippen molar-refractivity contribution in [3.8, 4) is 0 Å². The lowest BCUT2D eigenvalue weighted by Crippen LogP contribution is -2.60. The lowest BCUT2D eigenvalue weighted by molar-refractivity contribution is -0.385. The molecule has 1 N–H and O–H groups in total. The van der Waals surface area contributed by atoms with E-state index in [9.17, 15) is 97.3 Å². The van der Waals surface area contributed by atoms with Gasteiger partial charge in [-0.1, -0.05) is 13.8 Å². The van der Waals surface area contributed by atoms with Gasteiger partial charge in [-0.05, 0) is 106 Å². The maximum Gasteiger partial charge on any atom is 0.426 e. The van der Waals surface area contributed by atoms with Gasteiger partial charge >= 0.3 is 43.2 Å². The second-order valence-corrected chi connectivity index (χ2v) is 15.4. The first-order valence-corrected chi connectivity index (χ1v) is 15.9. The van der Waals surface area contributed by atoms with Gasteiger partial charge in [0.1, 0.15) is 0 Å². The second kappa shape index (κ2) is 13.0. The number of hydrogen-bond acceptors (Lipinski definition) is 1. The van der Waals surface area contributed by atoms with E-state index in [2.05, 4.69) is 0 Å². The Kier molecular flexibility index (Phi) is 11.2. The van der Waals surface area contributed by atoms with Crippen molar-refractivity contribution in [2.24, 2.45) is 57.7 Å². The molecule has 0 aromatic carbocycles. The fraction of sp³-hybridized carbons (Fsp3) is 1.00. The topological polar surface area (TPSA) is 20.2 Å².